The third kappa shape index (κ3) is 5.36. The standard InChI is InChI=1S/C19H18ClN3O4/c1-12(19(24)23-15-6-4-5-13(7-15)10-21)27-22-11-14-8-16(20)18(26-3)17(9-14)25-2/h4-9,11-12H,1-3H3,(H,23,24)/b22-11-/t12-/m0/s1. The van der Waals surface area contributed by atoms with Crippen molar-refractivity contribution in [3.8, 4) is 17.6 Å². The molecule has 2 rings (SSSR count). The van der Waals surface area contributed by atoms with Gasteiger partial charge in [-0.3, -0.25) is 4.79 Å². The van der Waals surface area contributed by atoms with Gasteiger partial charge < -0.3 is 19.6 Å². The van der Waals surface area contributed by atoms with Gasteiger partial charge in [-0.2, -0.15) is 5.26 Å². The van der Waals surface area contributed by atoms with E-state index in [1.165, 1.54) is 20.4 Å². The normalized spacial score (nSPS) is 11.5. The number of hydrogen-bond acceptors (Lipinski definition) is 6. The van der Waals surface area contributed by atoms with E-state index in [9.17, 15) is 4.79 Å². The van der Waals surface area contributed by atoms with Gasteiger partial charge in [0.1, 0.15) is 0 Å². The largest absolute Gasteiger partial charge is 0.493 e. The zero-order valence-corrected chi connectivity index (χ0v) is 15.8. The number of carbonyl (C=O) groups is 1. The van der Waals surface area contributed by atoms with Crippen molar-refractivity contribution < 1.29 is 19.1 Å². The van der Waals surface area contributed by atoms with Crippen LogP contribution in [0.2, 0.25) is 5.02 Å². The highest BCUT2D eigenvalue weighted by Crippen LogP contribution is 2.35. The molecule has 0 aliphatic rings. The van der Waals surface area contributed by atoms with E-state index < -0.39 is 12.0 Å². The molecule has 1 amide bonds. The van der Waals surface area contributed by atoms with Crippen LogP contribution < -0.4 is 14.8 Å². The number of ether oxygens (including phenoxy) is 2. The molecular weight excluding hydrogens is 370 g/mol. The Balaban J connectivity index is 2.00. The molecule has 8 heteroatoms. The van der Waals surface area contributed by atoms with Crippen molar-refractivity contribution in [2.75, 3.05) is 19.5 Å². The highest BCUT2D eigenvalue weighted by molar-refractivity contribution is 6.32. The number of anilines is 1. The SMILES string of the molecule is COc1cc(/C=N\O[C@@H](C)C(=O)Nc2cccc(C#N)c2)cc(Cl)c1OC. The first kappa shape index (κ1) is 20.1. The van der Waals surface area contributed by atoms with Crippen molar-refractivity contribution in [3.05, 3.63) is 52.5 Å². The van der Waals surface area contributed by atoms with E-state index in [-0.39, 0.29) is 0 Å². The van der Waals surface area contributed by atoms with Gasteiger partial charge >= 0.3 is 0 Å². The first-order valence-electron chi connectivity index (χ1n) is 7.90. The third-order valence-corrected chi connectivity index (χ3v) is 3.79. The lowest BCUT2D eigenvalue weighted by atomic mass is 10.2. The Kier molecular flexibility index (Phi) is 7.03. The molecule has 2 aromatic rings. The Labute approximate surface area is 162 Å². The average molecular weight is 388 g/mol. The van der Waals surface area contributed by atoms with Gasteiger partial charge in [-0.05, 0) is 37.3 Å². The molecule has 27 heavy (non-hydrogen) atoms. The maximum atomic E-state index is 12.1. The molecule has 0 radical (unpaired) electrons. The summed E-state index contributed by atoms with van der Waals surface area (Å²) in [6.45, 7) is 1.56. The number of carbonyl (C=O) groups excluding carboxylic acids is 1. The van der Waals surface area contributed by atoms with Crippen molar-refractivity contribution >= 4 is 29.4 Å². The quantitative estimate of drug-likeness (QED) is 0.578. The Bertz CT molecular complexity index is 893. The van der Waals surface area contributed by atoms with E-state index in [1.54, 1.807) is 43.3 Å². The monoisotopic (exact) mass is 387 g/mol. The minimum absolute atomic E-state index is 0.362. The second-order valence-corrected chi connectivity index (χ2v) is 5.81. The zero-order valence-electron chi connectivity index (χ0n) is 15.0. The van der Waals surface area contributed by atoms with E-state index in [0.717, 1.165) is 0 Å². The summed E-state index contributed by atoms with van der Waals surface area (Å²) in [5.74, 6) is 0.479. The van der Waals surface area contributed by atoms with Crippen LogP contribution in [0.25, 0.3) is 0 Å². The van der Waals surface area contributed by atoms with Crippen LogP contribution in [0.3, 0.4) is 0 Å². The van der Waals surface area contributed by atoms with Gasteiger partial charge in [0.15, 0.2) is 11.5 Å². The van der Waals surface area contributed by atoms with Gasteiger partial charge in [0.2, 0.25) is 6.10 Å². The molecule has 0 bridgehead atoms. The van der Waals surface area contributed by atoms with Crippen molar-refractivity contribution in [1.82, 2.24) is 0 Å². The minimum Gasteiger partial charge on any atom is -0.493 e. The summed E-state index contributed by atoms with van der Waals surface area (Å²) in [7, 11) is 2.99. The van der Waals surface area contributed by atoms with Crippen molar-refractivity contribution in [2.45, 2.75) is 13.0 Å². The lowest BCUT2D eigenvalue weighted by molar-refractivity contribution is -0.126. The molecule has 0 aliphatic heterocycles. The highest BCUT2D eigenvalue weighted by Gasteiger charge is 2.15. The van der Waals surface area contributed by atoms with Crippen LogP contribution >= 0.6 is 11.6 Å². The van der Waals surface area contributed by atoms with Gasteiger partial charge in [-0.1, -0.05) is 22.8 Å². The first-order valence-corrected chi connectivity index (χ1v) is 8.28. The molecule has 0 aliphatic carbocycles. The Hall–Kier alpha value is -3.24. The number of oxime groups is 1. The number of rotatable bonds is 7. The molecule has 140 valence electrons. The lowest BCUT2D eigenvalue weighted by Crippen LogP contribution is -2.26. The fourth-order valence-electron chi connectivity index (χ4n) is 2.15. The van der Waals surface area contributed by atoms with Gasteiger partial charge in [0.25, 0.3) is 5.91 Å². The van der Waals surface area contributed by atoms with Crippen LogP contribution in [0.15, 0.2) is 41.6 Å². The van der Waals surface area contributed by atoms with E-state index in [2.05, 4.69) is 10.5 Å². The van der Waals surface area contributed by atoms with Crippen LogP contribution in [0.5, 0.6) is 11.5 Å². The Morgan fingerprint density at radius 1 is 1.30 bits per heavy atom. The molecular formula is C19H18ClN3O4. The fraction of sp³-hybridized carbons (Fsp3) is 0.211. The number of nitriles is 1. The van der Waals surface area contributed by atoms with Gasteiger partial charge in [-0.25, -0.2) is 0 Å². The van der Waals surface area contributed by atoms with Crippen LogP contribution in [-0.2, 0) is 9.63 Å². The van der Waals surface area contributed by atoms with E-state index in [1.807, 2.05) is 6.07 Å². The lowest BCUT2D eigenvalue weighted by Gasteiger charge is -2.11. The van der Waals surface area contributed by atoms with Crippen LogP contribution in [-0.4, -0.2) is 32.4 Å². The number of nitrogens with zero attached hydrogens (tertiary/aromatic N) is 2. The Morgan fingerprint density at radius 2 is 2.07 bits per heavy atom. The second kappa shape index (κ2) is 9.46. The molecule has 0 fully saturated rings. The summed E-state index contributed by atoms with van der Waals surface area (Å²) in [6.07, 6.45) is 0.566. The van der Waals surface area contributed by atoms with Crippen molar-refractivity contribution in [1.29, 1.82) is 5.26 Å². The minimum atomic E-state index is -0.845. The van der Waals surface area contributed by atoms with Gasteiger partial charge in [-0.15, -0.1) is 0 Å². The zero-order chi connectivity index (χ0) is 19.8. The number of methoxy groups -OCH3 is 2. The smallest absolute Gasteiger partial charge is 0.267 e. The molecule has 0 aromatic heterocycles. The molecule has 7 nitrogen and oxygen atoms in total. The summed E-state index contributed by atoms with van der Waals surface area (Å²) >= 11 is 6.13. The topological polar surface area (TPSA) is 92.9 Å². The summed E-state index contributed by atoms with van der Waals surface area (Å²) in [4.78, 5) is 17.3. The summed E-state index contributed by atoms with van der Waals surface area (Å²) in [6, 6.07) is 11.9. The summed E-state index contributed by atoms with van der Waals surface area (Å²) in [5, 5.41) is 15.7. The van der Waals surface area contributed by atoms with Crippen LogP contribution in [0, 0.1) is 11.3 Å². The number of benzene rings is 2. The maximum Gasteiger partial charge on any atom is 0.267 e. The number of halogens is 1. The highest BCUT2D eigenvalue weighted by atomic mass is 35.5. The molecule has 0 spiro atoms. The molecule has 0 unspecified atom stereocenters. The molecule has 1 N–H and O–H groups in total. The van der Waals surface area contributed by atoms with Crippen molar-refractivity contribution in [2.24, 2.45) is 5.16 Å². The van der Waals surface area contributed by atoms with Crippen LogP contribution in [0.4, 0.5) is 5.69 Å². The van der Waals surface area contributed by atoms with E-state index in [0.29, 0.717) is 33.3 Å². The van der Waals surface area contributed by atoms with Crippen LogP contribution in [0.1, 0.15) is 18.1 Å². The first-order chi connectivity index (χ1) is 13.0. The van der Waals surface area contributed by atoms with E-state index >= 15 is 0 Å². The Morgan fingerprint density at radius 3 is 2.74 bits per heavy atom. The number of nitrogens with one attached hydrogen (secondary N) is 1. The van der Waals surface area contributed by atoms with Gasteiger partial charge in [0.05, 0.1) is 37.1 Å². The predicted octanol–water partition coefficient (Wildman–Crippen LogP) is 3.61. The average Bonchev–Trinajstić information content (AvgIpc) is 2.67. The maximum absolute atomic E-state index is 12.1. The number of amides is 1. The van der Waals surface area contributed by atoms with Gasteiger partial charge in [0, 0.05) is 11.3 Å². The second-order valence-electron chi connectivity index (χ2n) is 5.40. The van der Waals surface area contributed by atoms with Crippen molar-refractivity contribution in [3.63, 3.8) is 0 Å². The van der Waals surface area contributed by atoms with E-state index in [4.69, 9.17) is 31.2 Å². The predicted molar refractivity (Wildman–Crippen MR) is 102 cm³/mol. The molecule has 2 aromatic carbocycles. The molecule has 0 saturated heterocycles. The molecule has 0 heterocycles. The third-order valence-electron chi connectivity index (χ3n) is 3.51. The fourth-order valence-corrected chi connectivity index (χ4v) is 2.45. The number of hydrogen-bond donors (Lipinski definition) is 1. The molecule has 1 atom stereocenters. The summed E-state index contributed by atoms with van der Waals surface area (Å²) < 4.78 is 10.4. The molecule has 0 saturated carbocycles. The summed E-state index contributed by atoms with van der Waals surface area (Å²) in [5.41, 5.74) is 1.57.